The van der Waals surface area contributed by atoms with Crippen molar-refractivity contribution in [2.45, 2.75) is 178 Å². The number of amides is 2. The molecule has 18 atom stereocenters. The molecule has 0 spiro atoms. The van der Waals surface area contributed by atoms with Crippen LogP contribution in [0, 0.1) is 29.1 Å². The van der Waals surface area contributed by atoms with Gasteiger partial charge < -0.3 is 95.9 Å². The summed E-state index contributed by atoms with van der Waals surface area (Å²) in [4.78, 5) is 151. The molecule has 0 saturated carbocycles. The molecule has 108 heavy (non-hydrogen) atoms. The van der Waals surface area contributed by atoms with Crippen LogP contribution in [0.15, 0.2) is 84.0 Å². The number of hydrogen-bond donors (Lipinski definition) is 2. The van der Waals surface area contributed by atoms with Crippen molar-refractivity contribution in [3.05, 3.63) is 135 Å². The highest BCUT2D eigenvalue weighted by Gasteiger charge is 2.64. The molecule has 4 saturated heterocycles. The van der Waals surface area contributed by atoms with Gasteiger partial charge in [0, 0.05) is 71.8 Å². The maximum atomic E-state index is 15.3. The Morgan fingerprint density at radius 3 is 1.80 bits per heavy atom. The lowest BCUT2D eigenvalue weighted by Crippen LogP contribution is -2.72. The molecule has 2 N–H and O–H groups in total. The number of hydrogen-bond acceptors (Lipinski definition) is 30. The Bertz CT molecular complexity index is 4030. The first-order valence-corrected chi connectivity index (χ1v) is 33.0. The second-order valence-electron chi connectivity index (χ2n) is 24.7. The monoisotopic (exact) mass is 1530 g/mol. The lowest BCUT2D eigenvalue weighted by Gasteiger charge is -2.53. The molecule has 0 radical (unpaired) electrons. The molecule has 34 nitrogen and oxygen atoms in total. The van der Waals surface area contributed by atoms with Crippen molar-refractivity contribution < 1.29 is 160 Å². The third-order valence-electron chi connectivity index (χ3n) is 17.0. The fraction of sp³-hybridized carbons (Fsp3) is 0.493. The van der Waals surface area contributed by atoms with Crippen LogP contribution < -0.4 is 15.4 Å². The zero-order valence-electron chi connectivity index (χ0n) is 58.7. The molecule has 4 heterocycles. The Hall–Kier alpha value is -10.5. The van der Waals surface area contributed by atoms with E-state index in [0.29, 0.717) is 16.7 Å². The Morgan fingerprint density at radius 1 is 0.630 bits per heavy atom. The molecule has 4 aromatic carbocycles. The van der Waals surface area contributed by atoms with Crippen LogP contribution in [0.3, 0.4) is 0 Å². The summed E-state index contributed by atoms with van der Waals surface area (Å²) in [6, 6.07) is 15.9. The Morgan fingerprint density at radius 2 is 1.22 bits per heavy atom. The van der Waals surface area contributed by atoms with Crippen molar-refractivity contribution in [1.29, 1.82) is 0 Å². The zero-order chi connectivity index (χ0) is 78.6. The molecule has 4 fully saturated rings. The Kier molecular flexibility index (Phi) is 27.1. The topological polar surface area (TPSA) is 427 Å². The summed E-state index contributed by atoms with van der Waals surface area (Å²) in [6.07, 6.45) is -30.9. The molecule has 0 bridgehead atoms. The summed E-state index contributed by atoms with van der Waals surface area (Å²) < 4.78 is 181. The molecule has 4 aliphatic heterocycles. The van der Waals surface area contributed by atoms with Crippen molar-refractivity contribution in [3.63, 3.8) is 0 Å². The van der Waals surface area contributed by atoms with Crippen molar-refractivity contribution in [2.75, 3.05) is 40.1 Å². The highest BCUT2D eigenvalue weighted by Crippen LogP contribution is 2.47. The van der Waals surface area contributed by atoms with E-state index in [9.17, 15) is 66.6 Å². The maximum absolute atomic E-state index is 15.3. The van der Waals surface area contributed by atoms with Gasteiger partial charge in [-0.15, -0.1) is 0 Å². The smallest absolute Gasteiger partial charge is 0.407 e. The zero-order valence-corrected chi connectivity index (χ0v) is 58.7. The van der Waals surface area contributed by atoms with E-state index >= 15 is 13.6 Å². The standard InChI is InChI=1S/C69H72F5N5O29/c1-29(80)76-53-44(97-32(4)83)23-69(67(89)91-9,107-60(53)56(99-34(6)85)45(98-33(5)84)26-92-30(2)81)108-61-57(100-35(7)86)46(27-93-31(3)82)103-66(62(61)101-36(8)87)106-59-54(78-79-75)65(102-47-28-95-64(105-55(47)59)37-17-11-10-12-18-37)94-25-43(63(88)104-58-51(73)49(71)48(70)50(72)52(58)74)77-68(90)96-24-42-40-21-15-13-19-38(40)39-20-14-16-22-41(39)42/h10-22,42-47,53-57,59-62,64-66H,23-28H2,1-9H3,(H,76,80)(H,77,90)/t43-,44-,45+,46+,47+,53+,54+,55-,56+,57-,59+,60+,61-,62+,64-,65-,66-,69-/m0/s1. The van der Waals surface area contributed by atoms with Gasteiger partial charge in [-0.25, -0.2) is 27.6 Å². The number of alkyl carbamates (subject to hydrolysis) is 1. The first-order chi connectivity index (χ1) is 51.3. The average molecular weight is 1530 g/mol. The molecule has 0 unspecified atom stereocenters. The van der Waals surface area contributed by atoms with Gasteiger partial charge in [-0.3, -0.25) is 38.4 Å². The number of fused-ring (bicyclic) bond motifs is 4. The van der Waals surface area contributed by atoms with Gasteiger partial charge in [0.15, 0.2) is 49.3 Å². The van der Waals surface area contributed by atoms with Crippen LogP contribution in [0.5, 0.6) is 5.75 Å². The number of carbonyl (C=O) groups is 11. The van der Waals surface area contributed by atoms with E-state index in [0.717, 1.165) is 73.6 Å². The van der Waals surface area contributed by atoms with Gasteiger partial charge in [0.05, 0.1) is 32.8 Å². The Labute approximate surface area is 609 Å². The normalized spacial score (nSPS) is 26.4. The predicted molar refractivity (Wildman–Crippen MR) is 343 cm³/mol. The molecule has 2 amide bonds. The molecule has 4 aromatic rings. The van der Waals surface area contributed by atoms with Crippen LogP contribution in [0.4, 0.5) is 26.7 Å². The number of halogens is 5. The molecule has 39 heteroatoms. The number of methoxy groups -OCH3 is 1. The summed E-state index contributed by atoms with van der Waals surface area (Å²) in [6.45, 7) is 2.95. The first-order valence-electron chi connectivity index (χ1n) is 33.0. The SMILES string of the molecule is COC(=O)[C@@]1(O[C@H]2[C@@H](OC(C)=O)[C@@H](COC(C)=O)O[C@@H](O[C@@H]3[C@@H](N=[N+]=[N-])[C@@H](OC[C@H](NC(=O)OCC4c5ccccc5-c5ccccc54)C(=O)Oc4c(F)c(F)c(F)c(F)c4F)O[C@@H]4CO[C@H](c5ccccc5)O[C@H]34)[C@@H]2OC(C)=O)C[C@H](OC(C)=O)[C@@H](NC(C)=O)[C@H]([C@H](OC(C)=O)[C@@H](COC(C)=O)OC(C)=O)O1. The van der Waals surface area contributed by atoms with Crippen molar-refractivity contribution >= 4 is 65.7 Å². The molecule has 0 aromatic heterocycles. The summed E-state index contributed by atoms with van der Waals surface area (Å²) in [5.41, 5.74) is 13.8. The van der Waals surface area contributed by atoms with Gasteiger partial charge >= 0.3 is 59.8 Å². The van der Waals surface area contributed by atoms with Crippen LogP contribution in [-0.2, 0) is 128 Å². The van der Waals surface area contributed by atoms with Gasteiger partial charge in [0.2, 0.25) is 40.7 Å². The number of nitrogens with one attached hydrogen (secondary N) is 2. The second kappa shape index (κ2) is 35.9. The van der Waals surface area contributed by atoms with Crippen molar-refractivity contribution in [3.8, 4) is 16.9 Å². The maximum Gasteiger partial charge on any atom is 0.407 e. The highest BCUT2D eigenvalue weighted by molar-refractivity contribution is 5.84. The van der Waals surface area contributed by atoms with Crippen LogP contribution in [0.1, 0.15) is 90.7 Å². The van der Waals surface area contributed by atoms with E-state index < -0.39 is 256 Å². The lowest BCUT2D eigenvalue weighted by molar-refractivity contribution is -0.393. The molecule has 9 rings (SSSR count). The summed E-state index contributed by atoms with van der Waals surface area (Å²) >= 11 is 0. The quantitative estimate of drug-likeness (QED) is 0.00894. The van der Waals surface area contributed by atoms with E-state index in [-0.39, 0.29) is 0 Å². The number of rotatable bonds is 27. The van der Waals surface area contributed by atoms with E-state index in [1.165, 1.54) is 0 Å². The van der Waals surface area contributed by atoms with Gasteiger partial charge in [-0.1, -0.05) is 84.0 Å². The van der Waals surface area contributed by atoms with E-state index in [1.807, 2.05) is 12.1 Å². The van der Waals surface area contributed by atoms with Gasteiger partial charge in [0.1, 0.15) is 68.6 Å². The molecular formula is C69H72F5N5O29. The van der Waals surface area contributed by atoms with E-state index in [4.69, 9.17) is 85.3 Å². The number of ether oxygens (including phenoxy) is 18. The third kappa shape index (κ3) is 19.2. The molecule has 1 aliphatic carbocycles. The van der Waals surface area contributed by atoms with E-state index in [2.05, 4.69) is 20.7 Å². The second-order valence-corrected chi connectivity index (χ2v) is 24.7. The molecule has 582 valence electrons. The number of esters is 9. The minimum Gasteiger partial charge on any atom is -0.465 e. The Balaban J connectivity index is 1.15. The van der Waals surface area contributed by atoms with Crippen molar-refractivity contribution in [1.82, 2.24) is 10.6 Å². The highest BCUT2D eigenvalue weighted by atomic mass is 19.2. The minimum absolute atomic E-state index is 0.335. The van der Waals surface area contributed by atoms with Crippen LogP contribution in [-0.4, -0.2) is 210 Å². The van der Waals surface area contributed by atoms with Gasteiger partial charge in [0.25, 0.3) is 5.79 Å². The van der Waals surface area contributed by atoms with Gasteiger partial charge in [-0.2, -0.15) is 8.78 Å². The van der Waals surface area contributed by atoms with Gasteiger partial charge in [-0.05, 0) is 27.8 Å². The predicted octanol–water partition coefficient (Wildman–Crippen LogP) is 5.17. The summed E-state index contributed by atoms with van der Waals surface area (Å²) in [7, 11) is 0.785. The largest absolute Gasteiger partial charge is 0.465 e. The number of benzene rings is 4. The van der Waals surface area contributed by atoms with Crippen LogP contribution in [0.2, 0.25) is 0 Å². The van der Waals surface area contributed by atoms with Crippen LogP contribution >= 0.6 is 0 Å². The summed E-state index contributed by atoms with van der Waals surface area (Å²) in [5, 5.41) is 8.50. The first kappa shape index (κ1) is 81.6. The number of nitrogens with zero attached hydrogens (tertiary/aromatic N) is 3. The average Bonchev–Trinajstić information content (AvgIpc) is 1.19. The lowest BCUT2D eigenvalue weighted by atomic mass is 9.87. The third-order valence-corrected chi connectivity index (χ3v) is 17.0. The minimum atomic E-state index is -3.28. The fourth-order valence-corrected chi connectivity index (χ4v) is 12.8. The summed E-state index contributed by atoms with van der Waals surface area (Å²) in [5.74, 6) is -31.4. The molecule has 5 aliphatic rings. The number of azide groups is 1. The van der Waals surface area contributed by atoms with Crippen LogP contribution in [0.25, 0.3) is 21.6 Å². The number of carbonyl (C=O) groups excluding carboxylic acids is 11. The van der Waals surface area contributed by atoms with Crippen molar-refractivity contribution in [2.24, 2.45) is 5.11 Å². The molecular weight excluding hydrogens is 1460 g/mol. The van der Waals surface area contributed by atoms with E-state index in [1.54, 1.807) is 66.7 Å². The fourth-order valence-electron chi connectivity index (χ4n) is 12.8.